The Bertz CT molecular complexity index is 823. The minimum absolute atomic E-state index is 0.00406. The van der Waals surface area contributed by atoms with Crippen molar-refractivity contribution < 1.29 is 9.59 Å². The van der Waals surface area contributed by atoms with Crippen molar-refractivity contribution in [2.24, 2.45) is 5.41 Å². The van der Waals surface area contributed by atoms with Gasteiger partial charge >= 0.3 is 0 Å². The molecule has 0 saturated carbocycles. The minimum atomic E-state index is -0.00406. The molecule has 3 aliphatic rings. The first-order valence-corrected chi connectivity index (χ1v) is 7.27. The summed E-state index contributed by atoms with van der Waals surface area (Å²) in [7, 11) is 0. The van der Waals surface area contributed by atoms with Crippen LogP contribution in [-0.2, 0) is 0 Å². The quantitative estimate of drug-likeness (QED) is 0.716. The highest BCUT2D eigenvalue weighted by Gasteiger charge is 2.44. The largest absolute Gasteiger partial charge is 0.289 e. The predicted octanol–water partition coefficient (Wildman–Crippen LogP) is 4.05. The summed E-state index contributed by atoms with van der Waals surface area (Å²) in [4.78, 5) is 25.6. The van der Waals surface area contributed by atoms with E-state index in [4.69, 9.17) is 0 Å². The number of benzene rings is 1. The van der Waals surface area contributed by atoms with Crippen LogP contribution in [0.25, 0.3) is 0 Å². The third-order valence-corrected chi connectivity index (χ3v) is 4.56. The molecule has 0 heterocycles. The summed E-state index contributed by atoms with van der Waals surface area (Å²) in [5.41, 5.74) is 5.72. The standard InChI is InChI=1S/C19H16O2/c1-19(2,3)14-9-10-8-13(14)16-15(10)17(20)11-6-4-5-7-12(11)18(16)21/h4-7,9H,8H2,1-3H3. The predicted molar refractivity (Wildman–Crippen MR) is 81.3 cm³/mol. The van der Waals surface area contributed by atoms with E-state index in [1.165, 1.54) is 5.57 Å². The van der Waals surface area contributed by atoms with Gasteiger partial charge in [-0.3, -0.25) is 9.59 Å². The number of ketones is 2. The van der Waals surface area contributed by atoms with Crippen LogP contribution < -0.4 is 0 Å². The molecule has 0 N–H and O–H groups in total. The van der Waals surface area contributed by atoms with Gasteiger partial charge in [0.05, 0.1) is 0 Å². The maximum Gasteiger partial charge on any atom is 0.194 e. The number of carbonyl (C=O) groups is 2. The van der Waals surface area contributed by atoms with E-state index in [2.05, 4.69) is 26.8 Å². The molecule has 1 aromatic carbocycles. The average molecular weight is 276 g/mol. The molecule has 0 spiro atoms. The van der Waals surface area contributed by atoms with Crippen molar-refractivity contribution in [3.63, 3.8) is 0 Å². The molecule has 21 heavy (non-hydrogen) atoms. The number of carbonyl (C=O) groups excluding carboxylic acids is 2. The minimum Gasteiger partial charge on any atom is -0.289 e. The average Bonchev–Trinajstić information content (AvgIpc) is 3.02. The van der Waals surface area contributed by atoms with E-state index >= 15 is 0 Å². The summed E-state index contributed by atoms with van der Waals surface area (Å²) in [5.74, 6) is 0.0226. The van der Waals surface area contributed by atoms with E-state index in [9.17, 15) is 9.59 Å². The van der Waals surface area contributed by atoms with E-state index in [-0.39, 0.29) is 17.0 Å². The Morgan fingerprint density at radius 2 is 1.48 bits per heavy atom. The maximum atomic E-state index is 12.8. The lowest BCUT2D eigenvalue weighted by Crippen LogP contribution is -2.23. The lowest BCUT2D eigenvalue weighted by molar-refractivity contribution is 0.0980. The van der Waals surface area contributed by atoms with Gasteiger partial charge < -0.3 is 0 Å². The van der Waals surface area contributed by atoms with Crippen LogP contribution in [0.15, 0.2) is 58.2 Å². The highest BCUT2D eigenvalue weighted by atomic mass is 16.1. The fourth-order valence-electron chi connectivity index (χ4n) is 3.62. The second-order valence-electron chi connectivity index (χ2n) is 6.94. The van der Waals surface area contributed by atoms with Gasteiger partial charge in [-0.2, -0.15) is 0 Å². The molecule has 0 radical (unpaired) electrons. The first-order valence-electron chi connectivity index (χ1n) is 7.27. The number of rotatable bonds is 0. The van der Waals surface area contributed by atoms with Crippen LogP contribution in [0.5, 0.6) is 0 Å². The van der Waals surface area contributed by atoms with Gasteiger partial charge in [0, 0.05) is 22.3 Å². The molecule has 2 heteroatoms. The lowest BCUT2D eigenvalue weighted by atomic mass is 9.76. The van der Waals surface area contributed by atoms with Crippen molar-refractivity contribution in [3.05, 3.63) is 69.3 Å². The van der Waals surface area contributed by atoms with Crippen molar-refractivity contribution in [1.82, 2.24) is 0 Å². The summed E-state index contributed by atoms with van der Waals surface area (Å²) in [6.07, 6.45) is 2.86. The molecule has 0 atom stereocenters. The van der Waals surface area contributed by atoms with Crippen LogP contribution in [0, 0.1) is 5.41 Å². The Kier molecular flexibility index (Phi) is 2.21. The van der Waals surface area contributed by atoms with E-state index in [1.807, 2.05) is 12.1 Å². The summed E-state index contributed by atoms with van der Waals surface area (Å²) in [6, 6.07) is 7.15. The van der Waals surface area contributed by atoms with Gasteiger partial charge in [-0.25, -0.2) is 0 Å². The van der Waals surface area contributed by atoms with E-state index in [1.54, 1.807) is 12.1 Å². The zero-order valence-electron chi connectivity index (χ0n) is 12.4. The number of fused-ring (bicyclic) bond motifs is 5. The zero-order chi connectivity index (χ0) is 14.9. The fourth-order valence-corrected chi connectivity index (χ4v) is 3.62. The first kappa shape index (κ1) is 12.5. The summed E-state index contributed by atoms with van der Waals surface area (Å²) >= 11 is 0. The van der Waals surface area contributed by atoms with Crippen molar-refractivity contribution >= 4 is 11.6 Å². The Morgan fingerprint density at radius 1 is 0.905 bits per heavy atom. The van der Waals surface area contributed by atoms with Crippen molar-refractivity contribution in [2.45, 2.75) is 27.2 Å². The Hall–Kier alpha value is -2.22. The van der Waals surface area contributed by atoms with Crippen LogP contribution in [0.1, 0.15) is 47.9 Å². The molecular weight excluding hydrogens is 260 g/mol. The number of Topliss-reactive ketones (excluding diaryl/α,β-unsaturated/α-hetero) is 2. The second-order valence-corrected chi connectivity index (χ2v) is 6.94. The SMILES string of the molecule is CC(C)(C)C1=C2CC(=C1)C1=C2C(=O)c2ccccc2C1=O. The third kappa shape index (κ3) is 1.48. The van der Waals surface area contributed by atoms with Gasteiger partial charge in [-0.05, 0) is 28.6 Å². The molecule has 0 unspecified atom stereocenters. The van der Waals surface area contributed by atoms with Gasteiger partial charge in [0.1, 0.15) is 0 Å². The first-order chi connectivity index (χ1) is 9.89. The molecule has 0 fully saturated rings. The molecule has 1 aromatic rings. The molecule has 0 amide bonds. The molecule has 0 aliphatic heterocycles. The number of hydrogen-bond acceptors (Lipinski definition) is 2. The van der Waals surface area contributed by atoms with E-state index in [0.717, 1.165) is 17.6 Å². The van der Waals surface area contributed by atoms with Crippen LogP contribution in [0.3, 0.4) is 0 Å². The maximum absolute atomic E-state index is 12.8. The Balaban J connectivity index is 1.99. The fraction of sp³-hybridized carbons (Fsp3) is 0.263. The van der Waals surface area contributed by atoms with Gasteiger partial charge in [0.15, 0.2) is 11.6 Å². The van der Waals surface area contributed by atoms with Gasteiger partial charge in [0.2, 0.25) is 0 Å². The van der Waals surface area contributed by atoms with Crippen LogP contribution in [0.2, 0.25) is 0 Å². The topological polar surface area (TPSA) is 34.1 Å². The smallest absolute Gasteiger partial charge is 0.194 e. The molecule has 3 aliphatic carbocycles. The van der Waals surface area contributed by atoms with E-state index < -0.39 is 0 Å². The van der Waals surface area contributed by atoms with Crippen molar-refractivity contribution in [1.29, 1.82) is 0 Å². The number of hydrogen-bond donors (Lipinski definition) is 0. The normalized spacial score (nSPS) is 20.0. The Labute approximate surface area is 123 Å². The summed E-state index contributed by atoms with van der Waals surface area (Å²) in [6.45, 7) is 6.45. The molecule has 2 nitrogen and oxygen atoms in total. The molecule has 2 bridgehead atoms. The van der Waals surface area contributed by atoms with E-state index in [0.29, 0.717) is 22.3 Å². The van der Waals surface area contributed by atoms with Crippen molar-refractivity contribution in [2.75, 3.05) is 0 Å². The third-order valence-electron chi connectivity index (χ3n) is 4.56. The highest BCUT2D eigenvalue weighted by molar-refractivity contribution is 6.31. The molecule has 0 saturated heterocycles. The van der Waals surface area contributed by atoms with Crippen LogP contribution in [-0.4, -0.2) is 11.6 Å². The van der Waals surface area contributed by atoms with Crippen LogP contribution >= 0.6 is 0 Å². The van der Waals surface area contributed by atoms with Gasteiger partial charge in [-0.15, -0.1) is 0 Å². The second kappa shape index (κ2) is 3.70. The molecular formula is C19H16O2. The zero-order valence-corrected chi connectivity index (χ0v) is 12.4. The van der Waals surface area contributed by atoms with Crippen molar-refractivity contribution in [3.8, 4) is 0 Å². The molecule has 104 valence electrons. The van der Waals surface area contributed by atoms with Crippen LogP contribution in [0.4, 0.5) is 0 Å². The summed E-state index contributed by atoms with van der Waals surface area (Å²) < 4.78 is 0. The summed E-state index contributed by atoms with van der Waals surface area (Å²) in [5, 5.41) is 0. The van der Waals surface area contributed by atoms with Gasteiger partial charge in [-0.1, -0.05) is 51.1 Å². The molecule has 0 aromatic heterocycles. The number of allylic oxidation sites excluding steroid dienone is 6. The molecule has 4 rings (SSSR count). The lowest BCUT2D eigenvalue weighted by Gasteiger charge is -2.26. The monoisotopic (exact) mass is 276 g/mol. The highest BCUT2D eigenvalue weighted by Crippen LogP contribution is 2.52. The Morgan fingerprint density at radius 3 is 2.05 bits per heavy atom. The van der Waals surface area contributed by atoms with Gasteiger partial charge in [0.25, 0.3) is 0 Å².